The maximum Gasteiger partial charge on any atom is 0.203 e. The van der Waals surface area contributed by atoms with Crippen molar-refractivity contribution in [3.8, 4) is 17.2 Å². The molecular weight excluding hydrogens is 332 g/mol. The number of ether oxygens (including phenoxy) is 3. The number of nitrogens with one attached hydrogen (secondary N) is 1. The van der Waals surface area contributed by atoms with Crippen LogP contribution in [0.15, 0.2) is 17.1 Å². The summed E-state index contributed by atoms with van der Waals surface area (Å²) in [6.45, 7) is 10.6. The lowest BCUT2D eigenvalue weighted by atomic mass is 10.1. The van der Waals surface area contributed by atoms with Crippen LogP contribution in [0.25, 0.3) is 0 Å². The van der Waals surface area contributed by atoms with Crippen LogP contribution in [0.5, 0.6) is 17.2 Å². The maximum absolute atomic E-state index is 5.46. The van der Waals surface area contributed by atoms with E-state index < -0.39 is 0 Å². The van der Waals surface area contributed by atoms with Crippen LogP contribution >= 0.6 is 0 Å². The third-order valence-corrected chi connectivity index (χ3v) is 4.45. The first-order valence-corrected chi connectivity index (χ1v) is 9.21. The third-order valence-electron chi connectivity index (χ3n) is 4.45. The number of hydrogen-bond acceptors (Lipinski definition) is 5. The van der Waals surface area contributed by atoms with E-state index >= 15 is 0 Å². The molecule has 1 aromatic rings. The van der Waals surface area contributed by atoms with E-state index in [-0.39, 0.29) is 0 Å². The highest BCUT2D eigenvalue weighted by Crippen LogP contribution is 2.38. The van der Waals surface area contributed by atoms with Gasteiger partial charge in [0, 0.05) is 45.8 Å². The molecule has 0 spiro atoms. The van der Waals surface area contributed by atoms with Crippen molar-refractivity contribution in [3.05, 3.63) is 17.7 Å². The molecule has 1 aliphatic rings. The van der Waals surface area contributed by atoms with E-state index in [9.17, 15) is 0 Å². The number of piperazine rings is 1. The van der Waals surface area contributed by atoms with Crippen LogP contribution in [0.4, 0.5) is 0 Å². The number of hydrogen-bond donors (Lipinski definition) is 1. The van der Waals surface area contributed by atoms with Gasteiger partial charge < -0.3 is 24.4 Å². The van der Waals surface area contributed by atoms with Gasteiger partial charge in [0.15, 0.2) is 17.5 Å². The van der Waals surface area contributed by atoms with Gasteiger partial charge in [0.2, 0.25) is 5.75 Å². The van der Waals surface area contributed by atoms with E-state index in [1.807, 2.05) is 12.1 Å². The van der Waals surface area contributed by atoms with Crippen molar-refractivity contribution >= 4 is 5.96 Å². The molecule has 1 heterocycles. The van der Waals surface area contributed by atoms with E-state index in [4.69, 9.17) is 14.2 Å². The van der Waals surface area contributed by atoms with Crippen LogP contribution in [0.2, 0.25) is 0 Å². The zero-order valence-corrected chi connectivity index (χ0v) is 16.7. The second-order valence-corrected chi connectivity index (χ2v) is 6.13. The molecule has 1 aromatic carbocycles. The quantitative estimate of drug-likeness (QED) is 0.588. The lowest BCUT2D eigenvalue weighted by Gasteiger charge is -2.36. The molecule has 0 bridgehead atoms. The molecule has 0 radical (unpaired) electrons. The van der Waals surface area contributed by atoms with Gasteiger partial charge in [-0.15, -0.1) is 0 Å². The van der Waals surface area contributed by atoms with Crippen molar-refractivity contribution in [3.63, 3.8) is 0 Å². The van der Waals surface area contributed by atoms with E-state index in [1.54, 1.807) is 21.3 Å². The van der Waals surface area contributed by atoms with Crippen molar-refractivity contribution in [2.75, 3.05) is 60.6 Å². The Morgan fingerprint density at radius 1 is 1.00 bits per heavy atom. The molecule has 0 atom stereocenters. The molecule has 0 aliphatic carbocycles. The second-order valence-electron chi connectivity index (χ2n) is 6.13. The number of methoxy groups -OCH3 is 3. The molecule has 0 saturated carbocycles. The highest BCUT2D eigenvalue weighted by Gasteiger charge is 2.21. The summed E-state index contributed by atoms with van der Waals surface area (Å²) in [5.74, 6) is 3.05. The van der Waals surface area contributed by atoms with Crippen molar-refractivity contribution < 1.29 is 14.2 Å². The SMILES string of the molecule is CCN=C(NCC)N1CCN(Cc2cc(OC)c(OC)c(OC)c2)CC1. The topological polar surface area (TPSA) is 58.6 Å². The summed E-state index contributed by atoms with van der Waals surface area (Å²) in [4.78, 5) is 9.35. The van der Waals surface area contributed by atoms with E-state index in [1.165, 1.54) is 0 Å². The van der Waals surface area contributed by atoms with Crippen molar-refractivity contribution in [2.24, 2.45) is 4.99 Å². The summed E-state index contributed by atoms with van der Waals surface area (Å²) >= 11 is 0. The number of rotatable bonds is 7. The van der Waals surface area contributed by atoms with Crippen molar-refractivity contribution in [2.45, 2.75) is 20.4 Å². The first-order chi connectivity index (χ1) is 12.7. The summed E-state index contributed by atoms with van der Waals surface area (Å²) in [6.07, 6.45) is 0. The van der Waals surface area contributed by atoms with Crippen LogP contribution in [0, 0.1) is 0 Å². The number of benzene rings is 1. The van der Waals surface area contributed by atoms with Crippen LogP contribution in [-0.4, -0.2) is 76.4 Å². The van der Waals surface area contributed by atoms with E-state index in [2.05, 4.69) is 34.0 Å². The summed E-state index contributed by atoms with van der Waals surface area (Å²) in [7, 11) is 4.92. The van der Waals surface area contributed by atoms with Crippen LogP contribution in [-0.2, 0) is 6.54 Å². The zero-order valence-electron chi connectivity index (χ0n) is 16.7. The van der Waals surface area contributed by atoms with Gasteiger partial charge in [-0.3, -0.25) is 9.89 Å². The average Bonchev–Trinajstić information content (AvgIpc) is 2.67. The molecule has 7 nitrogen and oxygen atoms in total. The van der Waals surface area contributed by atoms with Gasteiger partial charge in [-0.1, -0.05) is 0 Å². The lowest BCUT2D eigenvalue weighted by Crippen LogP contribution is -2.52. The molecule has 0 amide bonds. The van der Waals surface area contributed by atoms with Crippen LogP contribution < -0.4 is 19.5 Å². The van der Waals surface area contributed by atoms with E-state index in [0.29, 0.717) is 17.2 Å². The molecule has 0 unspecified atom stereocenters. The Kier molecular flexibility index (Phi) is 7.84. The zero-order chi connectivity index (χ0) is 18.9. The number of aliphatic imine (C=N–C) groups is 1. The fraction of sp³-hybridized carbons (Fsp3) is 0.632. The standard InChI is InChI=1S/C19H32N4O3/c1-6-20-19(21-7-2)23-10-8-22(9-11-23)14-15-12-16(24-3)18(26-5)17(13-15)25-4/h12-13H,6-11,14H2,1-5H3,(H,20,21). The van der Waals surface area contributed by atoms with Gasteiger partial charge in [0.1, 0.15) is 0 Å². The van der Waals surface area contributed by atoms with Crippen molar-refractivity contribution in [1.29, 1.82) is 0 Å². The maximum atomic E-state index is 5.46. The van der Waals surface area contributed by atoms with E-state index in [0.717, 1.165) is 57.3 Å². The fourth-order valence-electron chi connectivity index (χ4n) is 3.18. The Balaban J connectivity index is 2.02. The first kappa shape index (κ1) is 20.2. The van der Waals surface area contributed by atoms with Gasteiger partial charge in [-0.2, -0.15) is 0 Å². The molecule has 0 aromatic heterocycles. The number of guanidine groups is 1. The molecule has 26 heavy (non-hydrogen) atoms. The molecule has 1 fully saturated rings. The minimum atomic E-state index is 0.634. The largest absolute Gasteiger partial charge is 0.493 e. The Hall–Kier alpha value is -2.15. The van der Waals surface area contributed by atoms with Crippen LogP contribution in [0.3, 0.4) is 0 Å². The molecule has 1 N–H and O–H groups in total. The summed E-state index contributed by atoms with van der Waals surface area (Å²) < 4.78 is 16.3. The minimum Gasteiger partial charge on any atom is -0.493 e. The Labute approximate surface area is 156 Å². The molecule has 146 valence electrons. The lowest BCUT2D eigenvalue weighted by molar-refractivity contribution is 0.172. The Morgan fingerprint density at radius 2 is 1.62 bits per heavy atom. The smallest absolute Gasteiger partial charge is 0.203 e. The minimum absolute atomic E-state index is 0.634. The summed E-state index contributed by atoms with van der Waals surface area (Å²) in [5.41, 5.74) is 1.15. The van der Waals surface area contributed by atoms with Gasteiger partial charge in [0.05, 0.1) is 21.3 Å². The second kappa shape index (κ2) is 10.1. The molecule has 2 rings (SSSR count). The van der Waals surface area contributed by atoms with Gasteiger partial charge in [0.25, 0.3) is 0 Å². The normalized spacial score (nSPS) is 15.7. The summed E-state index contributed by atoms with van der Waals surface area (Å²) in [6, 6.07) is 4.05. The van der Waals surface area contributed by atoms with Gasteiger partial charge in [-0.25, -0.2) is 0 Å². The number of nitrogens with zero attached hydrogens (tertiary/aromatic N) is 3. The van der Waals surface area contributed by atoms with Gasteiger partial charge in [-0.05, 0) is 31.5 Å². The predicted molar refractivity (Wildman–Crippen MR) is 105 cm³/mol. The highest BCUT2D eigenvalue weighted by molar-refractivity contribution is 5.80. The summed E-state index contributed by atoms with van der Waals surface area (Å²) in [5, 5.41) is 3.37. The fourth-order valence-corrected chi connectivity index (χ4v) is 3.18. The first-order valence-electron chi connectivity index (χ1n) is 9.21. The monoisotopic (exact) mass is 364 g/mol. The average molecular weight is 364 g/mol. The molecule has 1 aliphatic heterocycles. The predicted octanol–water partition coefficient (Wildman–Crippen LogP) is 1.82. The Bertz CT molecular complexity index is 573. The molecule has 1 saturated heterocycles. The highest BCUT2D eigenvalue weighted by atomic mass is 16.5. The van der Waals surface area contributed by atoms with Gasteiger partial charge >= 0.3 is 0 Å². The van der Waals surface area contributed by atoms with Crippen LogP contribution in [0.1, 0.15) is 19.4 Å². The van der Waals surface area contributed by atoms with Crippen molar-refractivity contribution in [1.82, 2.24) is 15.1 Å². The molecular formula is C19H32N4O3. The Morgan fingerprint density at radius 3 is 2.08 bits per heavy atom. The molecule has 7 heteroatoms. The third kappa shape index (κ3) is 4.94.